The summed E-state index contributed by atoms with van der Waals surface area (Å²) in [6, 6.07) is 79.2. The molecule has 2 nitrogen and oxygen atoms in total. The topological polar surface area (TPSA) is 28.7 Å². The van der Waals surface area contributed by atoms with Crippen molar-refractivity contribution in [2.45, 2.75) is 19.6 Å². The molecule has 0 radical (unpaired) electrons. The van der Waals surface area contributed by atoms with Gasteiger partial charge in [0.05, 0.1) is 30.7 Å². The Morgan fingerprint density at radius 2 is 0.689 bits per heavy atom. The number of aromatic nitrogens is 1. The maximum Gasteiger partial charge on any atom is 0.0991 e. The molecule has 0 spiro atoms. The van der Waals surface area contributed by atoms with Crippen molar-refractivity contribution in [1.82, 2.24) is 4.57 Å². The maximum atomic E-state index is 9.59. The van der Waals surface area contributed by atoms with E-state index in [-0.39, 0.29) is 0 Å². The minimum atomic E-state index is -1.47. The Labute approximate surface area is 359 Å². The summed E-state index contributed by atoms with van der Waals surface area (Å²) in [6.07, 6.45) is 0. The van der Waals surface area contributed by atoms with Gasteiger partial charge in [-0.15, -0.1) is 0 Å². The number of fused-ring (bicyclic) bond motifs is 3. The molecule has 0 aliphatic rings. The van der Waals surface area contributed by atoms with Gasteiger partial charge in [0.1, 0.15) is 0 Å². The largest absolute Gasteiger partial charge is 0.309 e. The van der Waals surface area contributed by atoms with Crippen molar-refractivity contribution < 1.29 is 0 Å². The molecule has 0 saturated heterocycles. The second-order valence-corrected chi connectivity index (χ2v) is 22.0. The van der Waals surface area contributed by atoms with E-state index in [1.165, 1.54) is 66.0 Å². The first kappa shape index (κ1) is 37.7. The number of rotatable bonds is 8. The molecule has 0 aliphatic carbocycles. The summed E-state index contributed by atoms with van der Waals surface area (Å²) < 4.78 is 2.43. The Morgan fingerprint density at radius 1 is 0.344 bits per heavy atom. The fraction of sp³-hybridized carbons (Fsp3) is 0.0517. The number of nitriles is 1. The lowest BCUT2D eigenvalue weighted by Gasteiger charge is -2.18. The molecule has 10 aromatic rings. The minimum Gasteiger partial charge on any atom is -0.309 e. The van der Waals surface area contributed by atoms with Crippen molar-refractivity contribution in [2.24, 2.45) is 0 Å². The molecule has 9 aromatic carbocycles. The van der Waals surface area contributed by atoms with Crippen LogP contribution in [0, 0.1) is 11.3 Å². The number of nitrogens with zero attached hydrogens (tertiary/aromatic N) is 2. The monoisotopic (exact) mass is 796 g/mol. The molecule has 290 valence electrons. The van der Waals surface area contributed by atoms with E-state index in [2.05, 4.69) is 230 Å². The molecule has 1 heterocycles. The Balaban J connectivity index is 1.16. The van der Waals surface area contributed by atoms with E-state index in [9.17, 15) is 5.26 Å². The van der Waals surface area contributed by atoms with Gasteiger partial charge in [-0.2, -0.15) is 5.26 Å². The molecular weight excluding hydrogens is 753 g/mol. The van der Waals surface area contributed by atoms with E-state index < -0.39 is 8.07 Å². The third-order valence-electron chi connectivity index (χ3n) is 12.0. The summed E-state index contributed by atoms with van der Waals surface area (Å²) in [4.78, 5) is 0. The van der Waals surface area contributed by atoms with Gasteiger partial charge in [0.25, 0.3) is 0 Å². The van der Waals surface area contributed by atoms with Gasteiger partial charge in [-0.3, -0.25) is 0 Å². The highest BCUT2D eigenvalue weighted by molar-refractivity contribution is 6.88. The maximum absolute atomic E-state index is 9.59. The highest BCUT2D eigenvalue weighted by Crippen LogP contribution is 2.40. The van der Waals surface area contributed by atoms with E-state index in [1.54, 1.807) is 0 Å². The Morgan fingerprint density at radius 3 is 1.10 bits per heavy atom. The highest BCUT2D eigenvalue weighted by Gasteiger charge is 2.19. The van der Waals surface area contributed by atoms with Crippen LogP contribution in [0.1, 0.15) is 5.56 Å². The summed E-state index contributed by atoms with van der Waals surface area (Å²) in [5, 5.41) is 13.4. The first-order valence-corrected chi connectivity index (χ1v) is 24.5. The van der Waals surface area contributed by atoms with Gasteiger partial charge in [0, 0.05) is 16.5 Å². The van der Waals surface area contributed by atoms with Gasteiger partial charge in [-0.05, 0) is 121 Å². The van der Waals surface area contributed by atoms with E-state index in [4.69, 9.17) is 0 Å². The Bertz CT molecular complexity index is 3080. The normalized spacial score (nSPS) is 11.5. The van der Waals surface area contributed by atoms with Crippen LogP contribution < -0.4 is 5.19 Å². The third-order valence-corrected chi connectivity index (χ3v) is 14.1. The average molecular weight is 797 g/mol. The van der Waals surface area contributed by atoms with Gasteiger partial charge in [-0.1, -0.05) is 183 Å². The van der Waals surface area contributed by atoms with E-state index in [1.807, 2.05) is 12.1 Å². The molecule has 0 amide bonds. The molecular formula is C58H44N2Si. The smallest absolute Gasteiger partial charge is 0.0991 e. The van der Waals surface area contributed by atoms with Gasteiger partial charge in [-0.25, -0.2) is 0 Å². The Hall–Kier alpha value is -7.51. The average Bonchev–Trinajstić information content (AvgIpc) is 3.65. The van der Waals surface area contributed by atoms with Gasteiger partial charge in [0.15, 0.2) is 0 Å². The van der Waals surface area contributed by atoms with Crippen molar-refractivity contribution in [1.29, 1.82) is 5.26 Å². The molecule has 0 aliphatic heterocycles. The van der Waals surface area contributed by atoms with Crippen LogP contribution in [0.25, 0.3) is 94.3 Å². The zero-order valence-corrected chi connectivity index (χ0v) is 35.6. The van der Waals surface area contributed by atoms with Gasteiger partial charge >= 0.3 is 0 Å². The van der Waals surface area contributed by atoms with E-state index in [0.717, 1.165) is 33.4 Å². The van der Waals surface area contributed by atoms with Crippen LogP contribution in [0.5, 0.6) is 0 Å². The van der Waals surface area contributed by atoms with Crippen LogP contribution in [0.15, 0.2) is 212 Å². The number of hydrogen-bond donors (Lipinski definition) is 0. The Kier molecular flexibility index (Phi) is 9.64. The van der Waals surface area contributed by atoms with Crippen LogP contribution in [-0.4, -0.2) is 12.6 Å². The molecule has 3 heteroatoms. The minimum absolute atomic E-state index is 0.653. The van der Waals surface area contributed by atoms with Gasteiger partial charge in [0.2, 0.25) is 0 Å². The van der Waals surface area contributed by atoms with Crippen molar-refractivity contribution in [3.05, 3.63) is 218 Å². The molecule has 10 rings (SSSR count). The SMILES string of the molecule is C[Si](C)(C)c1ccc(-c2cc(-c3ccc(C#N)cc3)cc(-n3c4ccc(-c5ccc(-c6ccccc6)cc5)cc4c4cc(-c5ccc(-c6ccccc6)cc5)ccc43)c2)cc1. The summed E-state index contributed by atoms with van der Waals surface area (Å²) >= 11 is 0. The first-order valence-electron chi connectivity index (χ1n) is 21.0. The van der Waals surface area contributed by atoms with Crippen molar-refractivity contribution in [3.63, 3.8) is 0 Å². The number of benzene rings is 9. The molecule has 0 fully saturated rings. The summed E-state index contributed by atoms with van der Waals surface area (Å²) in [5.41, 5.74) is 18.1. The lowest BCUT2D eigenvalue weighted by Crippen LogP contribution is -2.37. The van der Waals surface area contributed by atoms with Crippen molar-refractivity contribution >= 4 is 35.1 Å². The quantitative estimate of drug-likeness (QED) is 0.141. The second-order valence-electron chi connectivity index (χ2n) is 17.0. The van der Waals surface area contributed by atoms with Crippen LogP contribution in [0.4, 0.5) is 0 Å². The molecule has 1 aromatic heterocycles. The fourth-order valence-corrected chi connectivity index (χ4v) is 9.77. The third kappa shape index (κ3) is 7.40. The highest BCUT2D eigenvalue weighted by atomic mass is 28.3. The fourth-order valence-electron chi connectivity index (χ4n) is 8.61. The molecule has 0 bridgehead atoms. The molecule has 0 saturated carbocycles. The van der Waals surface area contributed by atoms with Crippen LogP contribution in [-0.2, 0) is 0 Å². The predicted molar refractivity (Wildman–Crippen MR) is 261 cm³/mol. The molecule has 0 N–H and O–H groups in total. The molecule has 0 atom stereocenters. The summed E-state index contributed by atoms with van der Waals surface area (Å²) in [6.45, 7) is 7.18. The number of hydrogen-bond acceptors (Lipinski definition) is 1. The van der Waals surface area contributed by atoms with Crippen LogP contribution >= 0.6 is 0 Å². The zero-order chi connectivity index (χ0) is 41.5. The summed E-state index contributed by atoms with van der Waals surface area (Å²) in [5.74, 6) is 0. The van der Waals surface area contributed by atoms with Crippen molar-refractivity contribution in [3.8, 4) is 78.5 Å². The lowest BCUT2D eigenvalue weighted by atomic mass is 9.97. The van der Waals surface area contributed by atoms with E-state index >= 15 is 0 Å². The summed E-state index contributed by atoms with van der Waals surface area (Å²) in [7, 11) is -1.47. The standard InChI is InChI=1S/C58H44N2Si/c1-61(2,3)54-30-26-48(27-31-54)52-34-51(47-16-14-40(39-59)15-17-47)35-53(36-52)60-57-32-28-49(45-22-18-43(19-23-45)41-10-6-4-7-11-41)37-55(57)56-38-50(29-33-58(56)60)46-24-20-44(21-25-46)42-12-8-5-9-13-42/h4-38H,1-3H3. The molecule has 61 heavy (non-hydrogen) atoms. The predicted octanol–water partition coefficient (Wildman–Crippen LogP) is 15.2. The van der Waals surface area contributed by atoms with Gasteiger partial charge < -0.3 is 4.57 Å². The zero-order valence-electron chi connectivity index (χ0n) is 34.6. The van der Waals surface area contributed by atoms with Crippen LogP contribution in [0.2, 0.25) is 19.6 Å². The second kappa shape index (κ2) is 15.6. The van der Waals surface area contributed by atoms with E-state index in [0.29, 0.717) is 5.56 Å². The lowest BCUT2D eigenvalue weighted by molar-refractivity contribution is 1.18. The molecule has 0 unspecified atom stereocenters. The van der Waals surface area contributed by atoms with Crippen LogP contribution in [0.3, 0.4) is 0 Å². The first-order chi connectivity index (χ1) is 29.8. The van der Waals surface area contributed by atoms with Crippen molar-refractivity contribution in [2.75, 3.05) is 0 Å².